The molecule has 2 aromatic carbocycles. The molecule has 0 unspecified atom stereocenters. The highest BCUT2D eigenvalue weighted by molar-refractivity contribution is 7.90. The topological polar surface area (TPSA) is 98.2 Å². The van der Waals surface area contributed by atoms with E-state index in [0.29, 0.717) is 5.01 Å². The number of sulfone groups is 1. The quantitative estimate of drug-likeness (QED) is 0.595. The Bertz CT molecular complexity index is 1080. The second kappa shape index (κ2) is 8.77. The van der Waals surface area contributed by atoms with Crippen LogP contribution in [0.25, 0.3) is 6.08 Å². The summed E-state index contributed by atoms with van der Waals surface area (Å²) in [4.78, 5) is 12.2. The summed E-state index contributed by atoms with van der Waals surface area (Å²) in [7, 11) is -1.93. The number of anilines is 1. The van der Waals surface area contributed by atoms with Crippen molar-refractivity contribution in [1.29, 1.82) is 0 Å². The Labute approximate surface area is 166 Å². The van der Waals surface area contributed by atoms with Crippen molar-refractivity contribution >= 4 is 38.3 Å². The third-order valence-corrected chi connectivity index (χ3v) is 6.32. The number of carbonyl (C=O) groups is 1. The van der Waals surface area contributed by atoms with Gasteiger partial charge in [-0.2, -0.15) is 0 Å². The minimum atomic E-state index is -3.51. The van der Waals surface area contributed by atoms with Crippen LogP contribution in [0.5, 0.6) is 5.75 Å². The molecule has 0 spiro atoms. The van der Waals surface area contributed by atoms with E-state index in [1.807, 2.05) is 12.1 Å². The largest absolute Gasteiger partial charge is 0.497 e. The lowest BCUT2D eigenvalue weighted by atomic mass is 10.2. The average molecular weight is 415 g/mol. The molecule has 3 aromatic rings. The van der Waals surface area contributed by atoms with E-state index < -0.39 is 9.84 Å². The molecular weight excluding hydrogens is 398 g/mol. The van der Waals surface area contributed by atoms with Crippen LogP contribution in [0.15, 0.2) is 65.6 Å². The van der Waals surface area contributed by atoms with Gasteiger partial charge in [-0.25, -0.2) is 8.42 Å². The predicted octanol–water partition coefficient (Wildman–Crippen LogP) is 3.17. The standard InChI is InChI=1S/C19H17N3O4S2/c1-26-15-10-7-14(8-11-15)9-12-17(23)20-19-22-21-18(27-19)13-28(24,25)16-5-3-2-4-6-16/h2-12H,13H2,1H3,(H,20,22,23)/b12-9+. The fraction of sp³-hybridized carbons (Fsp3) is 0.105. The number of carbonyl (C=O) groups excluding carboxylic acids is 1. The predicted molar refractivity (Wildman–Crippen MR) is 108 cm³/mol. The lowest BCUT2D eigenvalue weighted by Crippen LogP contribution is -2.07. The first-order valence-corrected chi connectivity index (χ1v) is 10.7. The molecule has 0 aliphatic carbocycles. The van der Waals surface area contributed by atoms with Gasteiger partial charge in [0.2, 0.25) is 11.0 Å². The molecule has 1 amide bonds. The SMILES string of the molecule is COc1ccc(/C=C/C(=O)Nc2nnc(CS(=O)(=O)c3ccccc3)s2)cc1. The molecule has 0 radical (unpaired) electrons. The third-order valence-electron chi connectivity index (χ3n) is 3.66. The molecule has 7 nitrogen and oxygen atoms in total. The maximum Gasteiger partial charge on any atom is 0.250 e. The van der Waals surface area contributed by atoms with E-state index in [9.17, 15) is 13.2 Å². The molecule has 1 aromatic heterocycles. The maximum atomic E-state index is 12.4. The van der Waals surface area contributed by atoms with Crippen LogP contribution in [0.1, 0.15) is 10.6 Å². The minimum Gasteiger partial charge on any atom is -0.497 e. The van der Waals surface area contributed by atoms with Crippen LogP contribution < -0.4 is 10.1 Å². The number of ether oxygens (including phenoxy) is 1. The Hall–Kier alpha value is -3.04. The van der Waals surface area contributed by atoms with E-state index in [4.69, 9.17) is 4.74 Å². The number of benzene rings is 2. The second-order valence-corrected chi connectivity index (χ2v) is 8.72. The van der Waals surface area contributed by atoms with Gasteiger partial charge in [0.1, 0.15) is 16.5 Å². The second-order valence-electron chi connectivity index (χ2n) is 5.67. The number of rotatable bonds is 7. The lowest BCUT2D eigenvalue weighted by Gasteiger charge is -2.00. The highest BCUT2D eigenvalue weighted by Crippen LogP contribution is 2.21. The lowest BCUT2D eigenvalue weighted by molar-refractivity contribution is -0.111. The van der Waals surface area contributed by atoms with Crippen molar-refractivity contribution in [2.45, 2.75) is 10.6 Å². The summed E-state index contributed by atoms with van der Waals surface area (Å²) in [5.41, 5.74) is 0.836. The zero-order valence-electron chi connectivity index (χ0n) is 14.9. The Kier molecular flexibility index (Phi) is 6.17. The first-order chi connectivity index (χ1) is 13.5. The highest BCUT2D eigenvalue weighted by atomic mass is 32.2. The molecule has 1 N–H and O–H groups in total. The van der Waals surface area contributed by atoms with Crippen LogP contribution >= 0.6 is 11.3 Å². The van der Waals surface area contributed by atoms with Crippen LogP contribution in [0.4, 0.5) is 5.13 Å². The monoisotopic (exact) mass is 415 g/mol. The van der Waals surface area contributed by atoms with Crippen molar-refractivity contribution in [2.75, 3.05) is 12.4 Å². The van der Waals surface area contributed by atoms with E-state index in [2.05, 4.69) is 15.5 Å². The van der Waals surface area contributed by atoms with Crippen LogP contribution in [0.3, 0.4) is 0 Å². The summed E-state index contributed by atoms with van der Waals surface area (Å²) in [5.74, 6) is 0.0737. The fourth-order valence-corrected chi connectivity index (χ4v) is 4.63. The molecule has 144 valence electrons. The van der Waals surface area contributed by atoms with Crippen LogP contribution in [0.2, 0.25) is 0 Å². The Balaban J connectivity index is 1.60. The smallest absolute Gasteiger partial charge is 0.250 e. The molecule has 3 rings (SSSR count). The van der Waals surface area contributed by atoms with Crippen molar-refractivity contribution in [3.63, 3.8) is 0 Å². The highest BCUT2D eigenvalue weighted by Gasteiger charge is 2.18. The Morgan fingerprint density at radius 2 is 1.82 bits per heavy atom. The number of amides is 1. The van der Waals surface area contributed by atoms with Gasteiger partial charge in [-0.15, -0.1) is 10.2 Å². The van der Waals surface area contributed by atoms with Crippen molar-refractivity contribution < 1.29 is 17.9 Å². The van der Waals surface area contributed by atoms with E-state index >= 15 is 0 Å². The molecule has 0 saturated heterocycles. The van der Waals surface area contributed by atoms with Crippen LogP contribution in [-0.2, 0) is 20.4 Å². The molecular formula is C19H17N3O4S2. The molecule has 1 heterocycles. The van der Waals surface area contributed by atoms with E-state index in [-0.39, 0.29) is 21.7 Å². The Morgan fingerprint density at radius 1 is 1.11 bits per heavy atom. The van der Waals surface area contributed by atoms with Crippen LogP contribution in [0, 0.1) is 0 Å². The molecule has 0 fully saturated rings. The summed E-state index contributed by atoms with van der Waals surface area (Å²) in [5, 5.41) is 10.8. The van der Waals surface area contributed by atoms with Crippen LogP contribution in [-0.4, -0.2) is 31.6 Å². The molecule has 0 aliphatic heterocycles. The van der Waals surface area contributed by atoms with Crippen molar-refractivity contribution in [3.05, 3.63) is 71.2 Å². The van der Waals surface area contributed by atoms with E-state index in [1.165, 1.54) is 18.2 Å². The molecule has 9 heteroatoms. The van der Waals surface area contributed by atoms with Crippen molar-refractivity contribution in [3.8, 4) is 5.75 Å². The maximum absolute atomic E-state index is 12.4. The van der Waals surface area contributed by atoms with Gasteiger partial charge in [-0.3, -0.25) is 10.1 Å². The van der Waals surface area contributed by atoms with Gasteiger partial charge in [0.05, 0.1) is 12.0 Å². The summed E-state index contributed by atoms with van der Waals surface area (Å²) in [6, 6.07) is 15.4. The molecule has 0 atom stereocenters. The summed E-state index contributed by atoms with van der Waals surface area (Å²) in [6.45, 7) is 0. The zero-order chi connectivity index (χ0) is 20.0. The number of methoxy groups -OCH3 is 1. The van der Waals surface area contributed by atoms with Gasteiger partial charge in [-0.05, 0) is 35.9 Å². The number of aromatic nitrogens is 2. The van der Waals surface area contributed by atoms with Gasteiger partial charge < -0.3 is 4.74 Å². The number of hydrogen-bond donors (Lipinski definition) is 1. The van der Waals surface area contributed by atoms with Gasteiger partial charge in [0, 0.05) is 6.08 Å². The third kappa shape index (κ3) is 5.24. The number of nitrogens with zero attached hydrogens (tertiary/aromatic N) is 2. The van der Waals surface area contributed by atoms with E-state index in [0.717, 1.165) is 22.6 Å². The molecule has 0 saturated carbocycles. The van der Waals surface area contributed by atoms with Crippen molar-refractivity contribution in [1.82, 2.24) is 10.2 Å². The van der Waals surface area contributed by atoms with Gasteiger partial charge in [-0.1, -0.05) is 41.7 Å². The van der Waals surface area contributed by atoms with Gasteiger partial charge in [0.15, 0.2) is 9.84 Å². The summed E-state index contributed by atoms with van der Waals surface area (Å²) >= 11 is 1.03. The molecule has 0 bridgehead atoms. The summed E-state index contributed by atoms with van der Waals surface area (Å²) in [6.07, 6.45) is 3.01. The van der Waals surface area contributed by atoms with Gasteiger partial charge >= 0.3 is 0 Å². The Morgan fingerprint density at radius 3 is 2.50 bits per heavy atom. The fourth-order valence-electron chi connectivity index (χ4n) is 2.27. The normalized spacial score (nSPS) is 11.5. The van der Waals surface area contributed by atoms with Gasteiger partial charge in [0.25, 0.3) is 0 Å². The zero-order valence-corrected chi connectivity index (χ0v) is 16.5. The van der Waals surface area contributed by atoms with E-state index in [1.54, 1.807) is 43.5 Å². The molecule has 0 aliphatic rings. The average Bonchev–Trinajstić information content (AvgIpc) is 3.13. The summed E-state index contributed by atoms with van der Waals surface area (Å²) < 4.78 is 29.8. The van der Waals surface area contributed by atoms with Crippen molar-refractivity contribution in [2.24, 2.45) is 0 Å². The minimum absolute atomic E-state index is 0.221. The first kappa shape index (κ1) is 19.7. The number of hydrogen-bond acceptors (Lipinski definition) is 7. The molecule has 28 heavy (non-hydrogen) atoms. The first-order valence-electron chi connectivity index (χ1n) is 8.19. The number of nitrogens with one attached hydrogen (secondary N) is 1.